The van der Waals surface area contributed by atoms with Crippen molar-refractivity contribution >= 4 is 11.9 Å². The number of hydrogen-bond donors (Lipinski definition) is 2. The minimum absolute atomic E-state index is 0.0324. The number of rotatable bonds is 6. The van der Waals surface area contributed by atoms with Crippen LogP contribution in [0.15, 0.2) is 18.2 Å². The van der Waals surface area contributed by atoms with Gasteiger partial charge in [0.15, 0.2) is 24.7 Å². The van der Waals surface area contributed by atoms with E-state index in [1.165, 1.54) is 0 Å². The number of aliphatic carboxylic acids is 2. The van der Waals surface area contributed by atoms with Crippen LogP contribution >= 0.6 is 0 Å². The van der Waals surface area contributed by atoms with Crippen molar-refractivity contribution in [2.75, 3.05) is 13.2 Å². The average molecular weight is 244 g/mol. The van der Waals surface area contributed by atoms with Gasteiger partial charge in [0.2, 0.25) is 0 Å². The van der Waals surface area contributed by atoms with Gasteiger partial charge in [-0.3, -0.25) is 0 Å². The average Bonchev–Trinajstić information content (AvgIpc) is 2.24. The number of carboxylic acids is 2. The van der Waals surface area contributed by atoms with Gasteiger partial charge in [-0.1, -0.05) is 0 Å². The van der Waals surface area contributed by atoms with Gasteiger partial charge in [0.25, 0.3) is 0 Å². The molecule has 0 aliphatic heterocycles. The number of carboxylic acid groups (broad SMARTS) is 2. The molecule has 0 bridgehead atoms. The second-order valence-electron chi connectivity index (χ2n) is 2.96. The maximum atomic E-state index is 12.9. The number of carbonyl (C=O) groups is 2. The van der Waals surface area contributed by atoms with Crippen LogP contribution in [0.2, 0.25) is 0 Å². The molecule has 0 amide bonds. The highest BCUT2D eigenvalue weighted by molar-refractivity contribution is 5.69. The van der Waals surface area contributed by atoms with Crippen LogP contribution in [0.4, 0.5) is 4.39 Å². The summed E-state index contributed by atoms with van der Waals surface area (Å²) < 4.78 is 22.4. The summed E-state index contributed by atoms with van der Waals surface area (Å²) in [5.41, 5.74) is 0. The van der Waals surface area contributed by atoms with E-state index in [2.05, 4.69) is 0 Å². The Morgan fingerprint density at radius 3 is 2.12 bits per heavy atom. The van der Waals surface area contributed by atoms with E-state index in [1.54, 1.807) is 0 Å². The topological polar surface area (TPSA) is 93.1 Å². The molecular formula is C10H9FO6. The van der Waals surface area contributed by atoms with E-state index in [9.17, 15) is 14.0 Å². The third kappa shape index (κ3) is 4.37. The normalized spacial score (nSPS) is 9.71. The summed E-state index contributed by atoms with van der Waals surface area (Å²) >= 11 is 0. The fourth-order valence-electron chi connectivity index (χ4n) is 0.993. The first-order valence-electron chi connectivity index (χ1n) is 4.48. The lowest BCUT2D eigenvalue weighted by Gasteiger charge is -2.10. The van der Waals surface area contributed by atoms with Gasteiger partial charge in [0, 0.05) is 6.07 Å². The van der Waals surface area contributed by atoms with Gasteiger partial charge in [-0.15, -0.1) is 0 Å². The largest absolute Gasteiger partial charge is 0.479 e. The van der Waals surface area contributed by atoms with Gasteiger partial charge in [0.05, 0.1) is 0 Å². The molecule has 0 aliphatic rings. The molecule has 2 N–H and O–H groups in total. The van der Waals surface area contributed by atoms with Crippen molar-refractivity contribution in [2.45, 2.75) is 0 Å². The number of hydrogen-bond acceptors (Lipinski definition) is 4. The maximum absolute atomic E-state index is 12.9. The van der Waals surface area contributed by atoms with Gasteiger partial charge >= 0.3 is 11.9 Å². The Hall–Kier alpha value is -2.31. The minimum Gasteiger partial charge on any atom is -0.479 e. The first-order valence-corrected chi connectivity index (χ1v) is 4.48. The van der Waals surface area contributed by atoms with E-state index in [-0.39, 0.29) is 11.5 Å². The zero-order valence-corrected chi connectivity index (χ0v) is 8.55. The van der Waals surface area contributed by atoms with E-state index in [0.29, 0.717) is 0 Å². The fourth-order valence-corrected chi connectivity index (χ4v) is 0.993. The molecule has 1 aromatic rings. The predicted octanol–water partition coefficient (Wildman–Crippen LogP) is 0.753. The molecule has 7 heteroatoms. The van der Waals surface area contributed by atoms with Crippen LogP contribution in [0.25, 0.3) is 0 Å². The van der Waals surface area contributed by atoms with Gasteiger partial charge in [-0.25, -0.2) is 14.0 Å². The second kappa shape index (κ2) is 5.69. The third-order valence-electron chi connectivity index (χ3n) is 1.61. The van der Waals surface area contributed by atoms with Gasteiger partial charge in [-0.2, -0.15) is 0 Å². The molecule has 17 heavy (non-hydrogen) atoms. The smallest absolute Gasteiger partial charge is 0.341 e. The van der Waals surface area contributed by atoms with Gasteiger partial charge in [0.1, 0.15) is 5.82 Å². The number of benzene rings is 1. The van der Waals surface area contributed by atoms with E-state index >= 15 is 0 Å². The van der Waals surface area contributed by atoms with Crippen molar-refractivity contribution < 1.29 is 33.7 Å². The highest BCUT2D eigenvalue weighted by Gasteiger charge is 2.10. The van der Waals surface area contributed by atoms with E-state index in [4.69, 9.17) is 19.7 Å². The summed E-state index contributed by atoms with van der Waals surface area (Å²) in [6.07, 6.45) is 0. The van der Waals surface area contributed by atoms with Crippen molar-refractivity contribution in [3.05, 3.63) is 24.0 Å². The molecule has 0 saturated heterocycles. The summed E-state index contributed by atoms with van der Waals surface area (Å²) in [6, 6.07) is 3.13. The lowest BCUT2D eigenvalue weighted by atomic mass is 10.3. The molecule has 6 nitrogen and oxygen atoms in total. The highest BCUT2D eigenvalue weighted by Crippen LogP contribution is 2.27. The molecule has 0 unspecified atom stereocenters. The molecule has 0 heterocycles. The predicted molar refractivity (Wildman–Crippen MR) is 52.7 cm³/mol. The summed E-state index contributed by atoms with van der Waals surface area (Å²) in [4.78, 5) is 20.6. The molecule has 1 aromatic carbocycles. The Bertz CT molecular complexity index is 431. The Labute approximate surface area is 95.2 Å². The van der Waals surface area contributed by atoms with Crippen LogP contribution in [-0.2, 0) is 9.59 Å². The first kappa shape index (κ1) is 12.8. The molecule has 92 valence electrons. The summed E-state index contributed by atoms with van der Waals surface area (Å²) in [5.74, 6) is -3.28. The van der Waals surface area contributed by atoms with E-state index < -0.39 is 31.0 Å². The zero-order valence-electron chi connectivity index (χ0n) is 8.55. The Morgan fingerprint density at radius 2 is 1.59 bits per heavy atom. The molecule has 0 atom stereocenters. The van der Waals surface area contributed by atoms with Crippen LogP contribution in [0.5, 0.6) is 11.5 Å². The van der Waals surface area contributed by atoms with E-state index in [0.717, 1.165) is 18.2 Å². The van der Waals surface area contributed by atoms with Crippen molar-refractivity contribution in [1.82, 2.24) is 0 Å². The molecule has 0 fully saturated rings. The second-order valence-corrected chi connectivity index (χ2v) is 2.96. The third-order valence-corrected chi connectivity index (χ3v) is 1.61. The van der Waals surface area contributed by atoms with Crippen LogP contribution in [-0.4, -0.2) is 35.4 Å². The molecule has 0 radical (unpaired) electrons. The standard InChI is InChI=1S/C10H9FO6/c11-6-1-2-7(16-4-9(12)13)8(3-6)17-5-10(14)15/h1-3H,4-5H2,(H,12,13)(H,14,15). The lowest BCUT2D eigenvalue weighted by Crippen LogP contribution is -2.13. The fraction of sp³-hybridized carbons (Fsp3) is 0.200. The number of ether oxygens (including phenoxy) is 2. The van der Waals surface area contributed by atoms with Crippen molar-refractivity contribution in [3.8, 4) is 11.5 Å². The monoisotopic (exact) mass is 244 g/mol. The summed E-state index contributed by atoms with van der Waals surface area (Å²) in [7, 11) is 0. The van der Waals surface area contributed by atoms with Gasteiger partial charge in [-0.05, 0) is 12.1 Å². The Balaban J connectivity index is 2.79. The van der Waals surface area contributed by atoms with E-state index in [1.807, 2.05) is 0 Å². The van der Waals surface area contributed by atoms with Crippen LogP contribution in [0, 0.1) is 5.82 Å². The summed E-state index contributed by atoms with van der Waals surface area (Å²) in [6.45, 7) is -1.30. The van der Waals surface area contributed by atoms with Gasteiger partial charge < -0.3 is 19.7 Å². The zero-order chi connectivity index (χ0) is 12.8. The molecule has 1 rings (SSSR count). The lowest BCUT2D eigenvalue weighted by molar-refractivity contribution is -0.140. The van der Waals surface area contributed by atoms with Crippen LogP contribution < -0.4 is 9.47 Å². The van der Waals surface area contributed by atoms with Crippen molar-refractivity contribution in [3.63, 3.8) is 0 Å². The summed E-state index contributed by atoms with van der Waals surface area (Å²) in [5, 5.41) is 16.8. The Kier molecular flexibility index (Phi) is 4.27. The molecule has 0 aromatic heterocycles. The quantitative estimate of drug-likeness (QED) is 0.767. The molecular weight excluding hydrogens is 235 g/mol. The highest BCUT2D eigenvalue weighted by atomic mass is 19.1. The molecule has 0 spiro atoms. The first-order chi connectivity index (χ1) is 7.99. The number of halogens is 1. The van der Waals surface area contributed by atoms with Crippen molar-refractivity contribution in [2.24, 2.45) is 0 Å². The van der Waals surface area contributed by atoms with Crippen LogP contribution in [0.1, 0.15) is 0 Å². The maximum Gasteiger partial charge on any atom is 0.341 e. The Morgan fingerprint density at radius 1 is 1.06 bits per heavy atom. The van der Waals surface area contributed by atoms with Crippen molar-refractivity contribution in [1.29, 1.82) is 0 Å². The SMILES string of the molecule is O=C(O)COc1ccc(F)cc1OCC(=O)O. The molecule has 0 aliphatic carbocycles. The minimum atomic E-state index is -1.24. The van der Waals surface area contributed by atoms with Crippen LogP contribution in [0.3, 0.4) is 0 Å². The molecule has 0 saturated carbocycles.